The van der Waals surface area contributed by atoms with E-state index in [-0.39, 0.29) is 16.7 Å². The van der Waals surface area contributed by atoms with Gasteiger partial charge in [0.2, 0.25) is 5.82 Å². The molecule has 1 aliphatic heterocycles. The van der Waals surface area contributed by atoms with Gasteiger partial charge in [-0.05, 0) is 26.0 Å². The van der Waals surface area contributed by atoms with Gasteiger partial charge in [0.15, 0.2) is 0 Å². The summed E-state index contributed by atoms with van der Waals surface area (Å²) in [4.78, 5) is 16.8. The zero-order valence-electron chi connectivity index (χ0n) is 10.0. The van der Waals surface area contributed by atoms with E-state index in [4.69, 9.17) is 0 Å². The van der Waals surface area contributed by atoms with E-state index in [1.54, 1.807) is 6.07 Å². The highest BCUT2D eigenvalue weighted by molar-refractivity contribution is 5.58. The Bertz CT molecular complexity index is 429. The normalized spacial score (nSPS) is 19.3. The van der Waals surface area contributed by atoms with E-state index in [1.165, 1.54) is 6.07 Å². The molecule has 6 nitrogen and oxygen atoms in total. The van der Waals surface area contributed by atoms with E-state index in [1.807, 2.05) is 18.9 Å². The second kappa shape index (κ2) is 4.67. The third-order valence-electron chi connectivity index (χ3n) is 3.11. The lowest BCUT2D eigenvalue weighted by Gasteiger charge is -2.24. The Morgan fingerprint density at radius 2 is 2.35 bits per heavy atom. The second-order valence-corrected chi connectivity index (χ2v) is 4.31. The lowest BCUT2D eigenvalue weighted by atomic mass is 10.2. The highest BCUT2D eigenvalue weighted by atomic mass is 16.6. The van der Waals surface area contributed by atoms with Gasteiger partial charge in [-0.25, -0.2) is 4.98 Å². The summed E-state index contributed by atoms with van der Waals surface area (Å²) in [6, 6.07) is 3.47. The second-order valence-electron chi connectivity index (χ2n) is 4.31. The van der Waals surface area contributed by atoms with Gasteiger partial charge in [0, 0.05) is 31.4 Å². The van der Waals surface area contributed by atoms with Gasteiger partial charge in [0.05, 0.1) is 4.92 Å². The van der Waals surface area contributed by atoms with E-state index >= 15 is 0 Å². The highest BCUT2D eigenvalue weighted by Crippen LogP contribution is 2.27. The Labute approximate surface area is 99.8 Å². The van der Waals surface area contributed by atoms with Gasteiger partial charge in [-0.1, -0.05) is 0 Å². The van der Waals surface area contributed by atoms with Gasteiger partial charge in [0.1, 0.15) is 0 Å². The molecular formula is C11H16N4O2. The van der Waals surface area contributed by atoms with Crippen LogP contribution in [0.3, 0.4) is 0 Å². The number of nitrogens with one attached hydrogen (secondary N) is 1. The van der Waals surface area contributed by atoms with Crippen LogP contribution in [0.25, 0.3) is 0 Å². The van der Waals surface area contributed by atoms with Crippen molar-refractivity contribution in [3.63, 3.8) is 0 Å². The molecule has 0 aromatic carbocycles. The summed E-state index contributed by atoms with van der Waals surface area (Å²) in [6.45, 7) is 3.64. The van der Waals surface area contributed by atoms with Gasteiger partial charge >= 0.3 is 5.69 Å². The SMILES string of the molecule is Cc1ccc([N+](=O)[O-])c(N(C)C2CCNC2)n1. The maximum absolute atomic E-state index is 11.0. The molecule has 6 heteroatoms. The summed E-state index contributed by atoms with van der Waals surface area (Å²) < 4.78 is 0. The maximum atomic E-state index is 11.0. The molecule has 1 fully saturated rings. The number of hydrogen-bond acceptors (Lipinski definition) is 5. The van der Waals surface area contributed by atoms with E-state index in [0.29, 0.717) is 5.82 Å². The molecule has 2 heterocycles. The van der Waals surface area contributed by atoms with E-state index in [9.17, 15) is 10.1 Å². The number of rotatable bonds is 3. The minimum absolute atomic E-state index is 0.0741. The van der Waals surface area contributed by atoms with Crippen LogP contribution in [-0.2, 0) is 0 Å². The predicted molar refractivity (Wildman–Crippen MR) is 65.3 cm³/mol. The smallest absolute Gasteiger partial charge is 0.311 e. The lowest BCUT2D eigenvalue weighted by molar-refractivity contribution is -0.384. The van der Waals surface area contributed by atoms with Gasteiger partial charge in [0.25, 0.3) is 0 Å². The molecule has 1 aromatic heterocycles. The van der Waals surface area contributed by atoms with Crippen LogP contribution in [0.2, 0.25) is 0 Å². The van der Waals surface area contributed by atoms with Crippen molar-refractivity contribution >= 4 is 11.5 Å². The average molecular weight is 236 g/mol. The number of hydrogen-bond donors (Lipinski definition) is 1. The zero-order valence-corrected chi connectivity index (χ0v) is 10.0. The molecule has 0 bridgehead atoms. The lowest BCUT2D eigenvalue weighted by Crippen LogP contribution is -2.34. The Hall–Kier alpha value is -1.69. The molecule has 0 radical (unpaired) electrons. The van der Waals surface area contributed by atoms with Crippen LogP contribution in [0.15, 0.2) is 12.1 Å². The van der Waals surface area contributed by atoms with Crippen LogP contribution in [0.4, 0.5) is 11.5 Å². The van der Waals surface area contributed by atoms with Crippen molar-refractivity contribution in [2.24, 2.45) is 0 Å². The molecule has 1 N–H and O–H groups in total. The summed E-state index contributed by atoms with van der Waals surface area (Å²) in [6.07, 6.45) is 0.989. The molecule has 0 saturated carbocycles. The Kier molecular flexibility index (Phi) is 3.23. The van der Waals surface area contributed by atoms with Crippen LogP contribution in [0.5, 0.6) is 0 Å². The highest BCUT2D eigenvalue weighted by Gasteiger charge is 2.26. The van der Waals surface area contributed by atoms with Crippen LogP contribution in [0.1, 0.15) is 12.1 Å². The minimum Gasteiger partial charge on any atom is -0.350 e. The number of anilines is 1. The molecule has 92 valence electrons. The molecule has 1 aliphatic rings. The maximum Gasteiger partial charge on any atom is 0.311 e. The van der Waals surface area contributed by atoms with Gasteiger partial charge in [-0.3, -0.25) is 10.1 Å². The van der Waals surface area contributed by atoms with Gasteiger partial charge < -0.3 is 10.2 Å². The fourth-order valence-electron chi connectivity index (χ4n) is 2.08. The predicted octanol–water partition coefficient (Wildman–Crippen LogP) is 1.10. The van der Waals surface area contributed by atoms with Crippen LogP contribution >= 0.6 is 0 Å². The van der Waals surface area contributed by atoms with Gasteiger partial charge in [-0.2, -0.15) is 0 Å². The molecule has 2 rings (SSSR count). The molecule has 1 atom stereocenters. The third-order valence-corrected chi connectivity index (χ3v) is 3.11. The molecular weight excluding hydrogens is 220 g/mol. The van der Waals surface area contributed by atoms with Crippen LogP contribution in [0, 0.1) is 17.0 Å². The third kappa shape index (κ3) is 2.36. The van der Waals surface area contributed by atoms with Crippen LogP contribution < -0.4 is 10.2 Å². The fraction of sp³-hybridized carbons (Fsp3) is 0.545. The Morgan fingerprint density at radius 3 is 2.94 bits per heavy atom. The first-order valence-corrected chi connectivity index (χ1v) is 5.65. The standard InChI is InChI=1S/C11H16N4O2/c1-8-3-4-10(15(16)17)11(13-8)14(2)9-5-6-12-7-9/h3-4,9,12H,5-7H2,1-2H3. The average Bonchev–Trinajstić information content (AvgIpc) is 2.80. The Balaban J connectivity index is 2.34. The van der Waals surface area contributed by atoms with Crippen molar-refractivity contribution < 1.29 is 4.92 Å². The van der Waals surface area contributed by atoms with Crippen LogP contribution in [-0.4, -0.2) is 36.1 Å². The molecule has 17 heavy (non-hydrogen) atoms. The molecule has 0 aliphatic carbocycles. The first-order valence-electron chi connectivity index (χ1n) is 5.65. The molecule has 0 amide bonds. The number of aryl methyl sites for hydroxylation is 1. The number of aromatic nitrogens is 1. The Morgan fingerprint density at radius 1 is 1.59 bits per heavy atom. The molecule has 0 spiro atoms. The van der Waals surface area contributed by atoms with E-state index < -0.39 is 0 Å². The summed E-state index contributed by atoms with van der Waals surface area (Å²) in [5.74, 6) is 0.462. The molecule has 1 aromatic rings. The largest absolute Gasteiger partial charge is 0.350 e. The molecule has 1 unspecified atom stereocenters. The van der Waals surface area contributed by atoms with Crippen molar-refractivity contribution in [1.82, 2.24) is 10.3 Å². The van der Waals surface area contributed by atoms with E-state index in [0.717, 1.165) is 25.2 Å². The minimum atomic E-state index is -0.374. The first kappa shape index (κ1) is 11.8. The fourth-order valence-corrected chi connectivity index (χ4v) is 2.08. The molecule has 1 saturated heterocycles. The van der Waals surface area contributed by atoms with Crippen molar-refractivity contribution in [3.05, 3.63) is 27.9 Å². The van der Waals surface area contributed by atoms with Crippen molar-refractivity contribution in [3.8, 4) is 0 Å². The summed E-state index contributed by atoms with van der Waals surface area (Å²) >= 11 is 0. The van der Waals surface area contributed by atoms with Gasteiger partial charge in [-0.15, -0.1) is 0 Å². The van der Waals surface area contributed by atoms with Crippen molar-refractivity contribution in [2.45, 2.75) is 19.4 Å². The number of nitro groups is 1. The summed E-state index contributed by atoms with van der Waals surface area (Å²) in [7, 11) is 1.87. The number of nitrogens with zero attached hydrogens (tertiary/aromatic N) is 3. The summed E-state index contributed by atoms with van der Waals surface area (Å²) in [5.41, 5.74) is 0.869. The quantitative estimate of drug-likeness (QED) is 0.628. The first-order chi connectivity index (χ1) is 8.09. The monoisotopic (exact) mass is 236 g/mol. The number of pyridine rings is 1. The number of likely N-dealkylation sites (N-methyl/N-ethyl adjacent to an activating group) is 1. The topological polar surface area (TPSA) is 71.3 Å². The van der Waals surface area contributed by atoms with Crippen molar-refractivity contribution in [1.29, 1.82) is 0 Å². The van der Waals surface area contributed by atoms with E-state index in [2.05, 4.69) is 10.3 Å². The van der Waals surface area contributed by atoms with Crippen molar-refractivity contribution in [2.75, 3.05) is 25.0 Å². The summed E-state index contributed by atoms with van der Waals surface area (Å²) in [5, 5.41) is 14.2. The zero-order chi connectivity index (χ0) is 12.4.